The van der Waals surface area contributed by atoms with E-state index in [0.29, 0.717) is 30.3 Å². The molecule has 0 aliphatic carbocycles. The Morgan fingerprint density at radius 2 is 2.10 bits per heavy atom. The molecule has 110 valence electrons. The summed E-state index contributed by atoms with van der Waals surface area (Å²) in [4.78, 5) is 11.5. The molecular formula is C14H19NO5. The van der Waals surface area contributed by atoms with Gasteiger partial charge in [-0.3, -0.25) is 4.79 Å². The third-order valence-corrected chi connectivity index (χ3v) is 3.01. The van der Waals surface area contributed by atoms with Gasteiger partial charge in [-0.2, -0.15) is 0 Å². The zero-order valence-corrected chi connectivity index (χ0v) is 11.4. The fourth-order valence-electron chi connectivity index (χ4n) is 1.94. The number of nitrogens with two attached hydrogens (primary N) is 1. The van der Waals surface area contributed by atoms with Crippen LogP contribution in [0.3, 0.4) is 0 Å². The predicted octanol–water partition coefficient (Wildman–Crippen LogP) is 0.772. The number of aliphatic hydroxyl groups excluding tert-OH is 1. The van der Waals surface area contributed by atoms with Gasteiger partial charge in [0, 0.05) is 6.42 Å². The molecule has 1 aromatic rings. The van der Waals surface area contributed by atoms with Crippen LogP contribution in [0.2, 0.25) is 0 Å². The number of hydrogen-bond donors (Lipinski definition) is 2. The number of carbonyl (C=O) groups excluding carboxylic acids is 1. The van der Waals surface area contributed by atoms with Gasteiger partial charge >= 0.3 is 5.97 Å². The average molecular weight is 281 g/mol. The van der Waals surface area contributed by atoms with Crippen LogP contribution in [-0.4, -0.2) is 36.9 Å². The highest BCUT2D eigenvalue weighted by Crippen LogP contribution is 2.32. The van der Waals surface area contributed by atoms with Crippen molar-refractivity contribution in [3.63, 3.8) is 0 Å². The minimum atomic E-state index is -1.15. The summed E-state index contributed by atoms with van der Waals surface area (Å²) in [6.07, 6.45) is -0.347. The number of aliphatic hydroxyl groups is 1. The number of fused-ring (bicyclic) bond motifs is 1. The third-order valence-electron chi connectivity index (χ3n) is 3.01. The summed E-state index contributed by atoms with van der Waals surface area (Å²) < 4.78 is 15.8. The number of benzene rings is 1. The molecule has 0 saturated heterocycles. The van der Waals surface area contributed by atoms with Crippen LogP contribution in [0, 0.1) is 0 Å². The highest BCUT2D eigenvalue weighted by atomic mass is 16.5. The van der Waals surface area contributed by atoms with Gasteiger partial charge in [-0.25, -0.2) is 0 Å². The van der Waals surface area contributed by atoms with Crippen LogP contribution < -0.4 is 15.2 Å². The normalized spacial score (nSPS) is 16.9. The summed E-state index contributed by atoms with van der Waals surface area (Å²) in [5, 5.41) is 10.1. The summed E-state index contributed by atoms with van der Waals surface area (Å²) in [5.41, 5.74) is 6.18. The quantitative estimate of drug-likeness (QED) is 0.792. The molecule has 1 heterocycles. The number of ether oxygens (including phenoxy) is 3. The van der Waals surface area contributed by atoms with Gasteiger partial charge in [-0.05, 0) is 24.6 Å². The Kier molecular flexibility index (Phi) is 4.81. The summed E-state index contributed by atoms with van der Waals surface area (Å²) in [5.74, 6) is 0.547. The smallest absolute Gasteiger partial charge is 0.325 e. The Labute approximate surface area is 117 Å². The van der Waals surface area contributed by atoms with E-state index in [1.165, 1.54) is 0 Å². The van der Waals surface area contributed by atoms with E-state index in [1.54, 1.807) is 25.1 Å². The Morgan fingerprint density at radius 3 is 2.80 bits per heavy atom. The standard InChI is InChI=1S/C14H19NO5/c1-2-18-14(17)12(15)13(16)9-4-5-10-11(8-9)20-7-3-6-19-10/h4-5,8,12-13,16H,2-3,6-7,15H2,1H3. The second kappa shape index (κ2) is 6.58. The van der Waals surface area contributed by atoms with Gasteiger partial charge in [0.1, 0.15) is 12.1 Å². The summed E-state index contributed by atoms with van der Waals surface area (Å²) in [7, 11) is 0. The van der Waals surface area contributed by atoms with Crippen molar-refractivity contribution in [2.24, 2.45) is 5.73 Å². The molecule has 1 aliphatic rings. The molecule has 0 bridgehead atoms. The lowest BCUT2D eigenvalue weighted by atomic mass is 10.0. The van der Waals surface area contributed by atoms with Gasteiger partial charge in [0.2, 0.25) is 0 Å². The monoisotopic (exact) mass is 281 g/mol. The van der Waals surface area contributed by atoms with Crippen LogP contribution in [0.1, 0.15) is 25.0 Å². The van der Waals surface area contributed by atoms with Crippen molar-refractivity contribution in [1.29, 1.82) is 0 Å². The predicted molar refractivity (Wildman–Crippen MR) is 71.6 cm³/mol. The molecule has 3 N–H and O–H groups in total. The number of esters is 1. The lowest BCUT2D eigenvalue weighted by molar-refractivity contribution is -0.147. The minimum Gasteiger partial charge on any atom is -0.490 e. The van der Waals surface area contributed by atoms with Gasteiger partial charge in [0.25, 0.3) is 0 Å². The third kappa shape index (κ3) is 3.20. The molecule has 1 aliphatic heterocycles. The zero-order chi connectivity index (χ0) is 14.5. The molecule has 0 aromatic heterocycles. The molecule has 6 heteroatoms. The topological polar surface area (TPSA) is 91.0 Å². The second-order valence-corrected chi connectivity index (χ2v) is 4.48. The Balaban J connectivity index is 2.16. The van der Waals surface area contributed by atoms with Crippen molar-refractivity contribution in [3.8, 4) is 11.5 Å². The molecule has 2 rings (SSSR count). The van der Waals surface area contributed by atoms with Crippen LogP contribution in [0.15, 0.2) is 18.2 Å². The van der Waals surface area contributed by atoms with Crippen LogP contribution >= 0.6 is 0 Å². The molecule has 1 aromatic carbocycles. The summed E-state index contributed by atoms with van der Waals surface area (Å²) in [6, 6.07) is 3.89. The van der Waals surface area contributed by atoms with Crippen LogP contribution in [-0.2, 0) is 9.53 Å². The molecule has 0 amide bonds. The fraction of sp³-hybridized carbons (Fsp3) is 0.500. The van der Waals surface area contributed by atoms with Gasteiger partial charge < -0.3 is 25.1 Å². The van der Waals surface area contributed by atoms with E-state index < -0.39 is 18.1 Å². The number of rotatable bonds is 4. The lowest BCUT2D eigenvalue weighted by Crippen LogP contribution is -2.38. The molecule has 0 radical (unpaired) electrons. The maximum atomic E-state index is 11.5. The van der Waals surface area contributed by atoms with Crippen molar-refractivity contribution in [1.82, 2.24) is 0 Å². The van der Waals surface area contributed by atoms with Crippen molar-refractivity contribution >= 4 is 5.97 Å². The van der Waals surface area contributed by atoms with Gasteiger partial charge in [-0.1, -0.05) is 6.07 Å². The highest BCUT2D eigenvalue weighted by Gasteiger charge is 2.26. The van der Waals surface area contributed by atoms with Crippen molar-refractivity contribution in [2.75, 3.05) is 19.8 Å². The van der Waals surface area contributed by atoms with E-state index in [2.05, 4.69) is 0 Å². The molecule has 0 saturated carbocycles. The highest BCUT2D eigenvalue weighted by molar-refractivity contribution is 5.76. The molecule has 20 heavy (non-hydrogen) atoms. The first kappa shape index (κ1) is 14.6. The molecular weight excluding hydrogens is 262 g/mol. The maximum Gasteiger partial charge on any atom is 0.325 e. The number of hydrogen-bond acceptors (Lipinski definition) is 6. The lowest BCUT2D eigenvalue weighted by Gasteiger charge is -2.18. The second-order valence-electron chi connectivity index (χ2n) is 4.48. The first-order valence-corrected chi connectivity index (χ1v) is 6.63. The Hall–Kier alpha value is -1.79. The van der Waals surface area contributed by atoms with Gasteiger partial charge in [0.05, 0.1) is 19.8 Å². The molecule has 0 spiro atoms. The summed E-state index contributed by atoms with van der Waals surface area (Å²) in [6.45, 7) is 3.05. The van der Waals surface area contributed by atoms with E-state index in [-0.39, 0.29) is 6.61 Å². The van der Waals surface area contributed by atoms with E-state index >= 15 is 0 Å². The zero-order valence-electron chi connectivity index (χ0n) is 11.4. The molecule has 6 nitrogen and oxygen atoms in total. The van der Waals surface area contributed by atoms with E-state index in [0.717, 1.165) is 6.42 Å². The first-order valence-electron chi connectivity index (χ1n) is 6.63. The van der Waals surface area contributed by atoms with Crippen molar-refractivity contribution in [3.05, 3.63) is 23.8 Å². The van der Waals surface area contributed by atoms with Gasteiger partial charge in [0.15, 0.2) is 11.5 Å². The largest absolute Gasteiger partial charge is 0.490 e. The fourth-order valence-corrected chi connectivity index (χ4v) is 1.94. The van der Waals surface area contributed by atoms with Crippen molar-refractivity contribution < 1.29 is 24.1 Å². The SMILES string of the molecule is CCOC(=O)C(N)C(O)c1ccc2c(c1)OCCCO2. The first-order chi connectivity index (χ1) is 9.63. The molecule has 0 fully saturated rings. The van der Waals surface area contributed by atoms with E-state index in [1.807, 2.05) is 0 Å². The van der Waals surface area contributed by atoms with Crippen LogP contribution in [0.5, 0.6) is 11.5 Å². The van der Waals surface area contributed by atoms with Crippen LogP contribution in [0.25, 0.3) is 0 Å². The van der Waals surface area contributed by atoms with Gasteiger partial charge in [-0.15, -0.1) is 0 Å². The minimum absolute atomic E-state index is 0.223. The Morgan fingerprint density at radius 1 is 1.40 bits per heavy atom. The van der Waals surface area contributed by atoms with E-state index in [9.17, 15) is 9.90 Å². The number of carbonyl (C=O) groups is 1. The molecule has 2 unspecified atom stereocenters. The van der Waals surface area contributed by atoms with Crippen LogP contribution in [0.4, 0.5) is 0 Å². The maximum absolute atomic E-state index is 11.5. The Bertz CT molecular complexity index is 477. The van der Waals surface area contributed by atoms with E-state index in [4.69, 9.17) is 19.9 Å². The molecule has 2 atom stereocenters. The van der Waals surface area contributed by atoms with Crippen molar-refractivity contribution in [2.45, 2.75) is 25.5 Å². The average Bonchev–Trinajstić information content (AvgIpc) is 2.70. The summed E-state index contributed by atoms with van der Waals surface area (Å²) >= 11 is 0.